The van der Waals surface area contributed by atoms with Gasteiger partial charge in [-0.3, -0.25) is 0 Å². The lowest BCUT2D eigenvalue weighted by atomic mass is 9.91. The zero-order valence-electron chi connectivity index (χ0n) is 18.4. The number of likely N-dealkylation sites (tertiary alicyclic amines) is 1. The van der Waals surface area contributed by atoms with Crippen molar-refractivity contribution in [1.29, 1.82) is 0 Å². The van der Waals surface area contributed by atoms with E-state index in [0.717, 1.165) is 54.9 Å². The number of fused-ring (bicyclic) bond motifs is 1. The number of anilines is 1. The molecule has 7 nitrogen and oxygen atoms in total. The van der Waals surface area contributed by atoms with Gasteiger partial charge in [0.25, 0.3) is 0 Å². The number of hydrogen-bond donors (Lipinski definition) is 0. The molecule has 0 saturated carbocycles. The first kappa shape index (κ1) is 22.3. The molecule has 11 heteroatoms. The monoisotopic (exact) mass is 478 g/mol. The summed E-state index contributed by atoms with van der Waals surface area (Å²) in [5.41, 5.74) is 1.07. The first-order valence-electron chi connectivity index (χ1n) is 10.9. The van der Waals surface area contributed by atoms with Gasteiger partial charge in [-0.25, -0.2) is 4.98 Å². The van der Waals surface area contributed by atoms with E-state index in [2.05, 4.69) is 25.0 Å². The second-order valence-corrected chi connectivity index (χ2v) is 9.68. The van der Waals surface area contributed by atoms with Gasteiger partial charge < -0.3 is 18.8 Å². The van der Waals surface area contributed by atoms with Gasteiger partial charge >= 0.3 is 6.18 Å². The molecule has 2 unspecified atom stereocenters. The largest absolute Gasteiger partial charge is 0.440 e. The molecule has 33 heavy (non-hydrogen) atoms. The van der Waals surface area contributed by atoms with Crippen LogP contribution in [-0.2, 0) is 13.2 Å². The van der Waals surface area contributed by atoms with E-state index in [9.17, 15) is 13.2 Å². The number of rotatable bonds is 7. The van der Waals surface area contributed by atoms with Gasteiger partial charge in [-0.05, 0) is 44.2 Å². The third kappa shape index (κ3) is 4.35. The molecule has 5 rings (SSSR count). The minimum Gasteiger partial charge on any atom is -0.440 e. The van der Waals surface area contributed by atoms with Crippen molar-refractivity contribution >= 4 is 17.4 Å². The van der Waals surface area contributed by atoms with E-state index in [4.69, 9.17) is 4.42 Å². The zero-order chi connectivity index (χ0) is 23.2. The molecule has 0 spiro atoms. The average Bonchev–Trinajstić information content (AvgIpc) is 3.44. The summed E-state index contributed by atoms with van der Waals surface area (Å²) in [5.74, 6) is 2.83. The molecule has 0 amide bonds. The van der Waals surface area contributed by atoms with E-state index in [1.807, 2.05) is 18.5 Å². The predicted octanol–water partition coefficient (Wildman–Crippen LogP) is 4.10. The van der Waals surface area contributed by atoms with Gasteiger partial charge in [-0.1, -0.05) is 11.8 Å². The van der Waals surface area contributed by atoms with Crippen LogP contribution in [0.2, 0.25) is 0 Å². The molecule has 2 aliphatic rings. The van der Waals surface area contributed by atoms with Crippen molar-refractivity contribution in [2.75, 3.05) is 36.8 Å². The van der Waals surface area contributed by atoms with Crippen molar-refractivity contribution in [3.63, 3.8) is 0 Å². The molecule has 0 N–H and O–H groups in total. The van der Waals surface area contributed by atoms with Crippen LogP contribution in [0.1, 0.15) is 17.7 Å². The van der Waals surface area contributed by atoms with Crippen molar-refractivity contribution in [1.82, 2.24) is 24.6 Å². The number of oxazole rings is 1. The summed E-state index contributed by atoms with van der Waals surface area (Å²) in [4.78, 5) is 8.80. The lowest BCUT2D eigenvalue weighted by Crippen LogP contribution is -2.55. The standard InChI is InChI=1S/C22H25F3N6OS/c1-14-19(32-13-26-14)20-27-28-21(29(20)2)33-9-3-8-30-10-15-11-31(18(15)12-30)17-6-4-16(5-7-17)22(23,24)25/h4-7,13,15,18H,3,8-12H2,1-2H3. The molecule has 2 saturated heterocycles. The number of aromatic nitrogens is 4. The fourth-order valence-corrected chi connectivity index (χ4v) is 5.49. The van der Waals surface area contributed by atoms with E-state index in [1.54, 1.807) is 23.9 Å². The fraction of sp³-hybridized carbons (Fsp3) is 0.500. The van der Waals surface area contributed by atoms with Gasteiger partial charge in [0.1, 0.15) is 0 Å². The van der Waals surface area contributed by atoms with Crippen LogP contribution < -0.4 is 4.90 Å². The lowest BCUT2D eigenvalue weighted by Gasteiger charge is -2.45. The molecule has 2 atom stereocenters. The Kier molecular flexibility index (Phi) is 5.86. The highest BCUT2D eigenvalue weighted by atomic mass is 32.2. The highest BCUT2D eigenvalue weighted by Crippen LogP contribution is 2.38. The molecular formula is C22H25F3N6OS. The summed E-state index contributed by atoms with van der Waals surface area (Å²) in [7, 11) is 1.92. The molecule has 0 radical (unpaired) electrons. The highest BCUT2D eigenvalue weighted by molar-refractivity contribution is 7.99. The van der Waals surface area contributed by atoms with E-state index in [1.165, 1.54) is 18.5 Å². The first-order chi connectivity index (χ1) is 15.8. The van der Waals surface area contributed by atoms with Gasteiger partial charge in [0.2, 0.25) is 5.82 Å². The molecule has 3 aromatic rings. The molecule has 4 heterocycles. The molecule has 0 bridgehead atoms. The van der Waals surface area contributed by atoms with Crippen molar-refractivity contribution < 1.29 is 17.6 Å². The summed E-state index contributed by atoms with van der Waals surface area (Å²) in [6.07, 6.45) is -1.86. The second-order valence-electron chi connectivity index (χ2n) is 8.62. The maximum Gasteiger partial charge on any atom is 0.416 e. The van der Waals surface area contributed by atoms with Crippen LogP contribution in [-0.4, -0.2) is 62.6 Å². The minimum absolute atomic E-state index is 0.390. The molecule has 2 aromatic heterocycles. The Morgan fingerprint density at radius 3 is 2.61 bits per heavy atom. The van der Waals surface area contributed by atoms with Gasteiger partial charge in [0.05, 0.1) is 11.3 Å². The number of alkyl halides is 3. The maximum absolute atomic E-state index is 12.8. The van der Waals surface area contributed by atoms with E-state index < -0.39 is 11.7 Å². The van der Waals surface area contributed by atoms with Crippen LogP contribution in [0.4, 0.5) is 18.9 Å². The number of aryl methyl sites for hydroxylation is 1. The van der Waals surface area contributed by atoms with Gasteiger partial charge in [-0.15, -0.1) is 10.2 Å². The number of thioether (sulfide) groups is 1. The van der Waals surface area contributed by atoms with Crippen molar-refractivity contribution in [3.05, 3.63) is 41.9 Å². The van der Waals surface area contributed by atoms with Gasteiger partial charge in [0.15, 0.2) is 17.3 Å². The maximum atomic E-state index is 12.8. The number of hydrogen-bond acceptors (Lipinski definition) is 7. The van der Waals surface area contributed by atoms with E-state index >= 15 is 0 Å². The molecule has 2 fully saturated rings. The highest BCUT2D eigenvalue weighted by Gasteiger charge is 2.45. The number of benzene rings is 1. The molecule has 1 aromatic carbocycles. The summed E-state index contributed by atoms with van der Waals surface area (Å²) >= 11 is 1.67. The molecule has 0 aliphatic carbocycles. The van der Waals surface area contributed by atoms with Crippen LogP contribution >= 0.6 is 11.8 Å². The Morgan fingerprint density at radius 1 is 1.12 bits per heavy atom. The number of halogens is 3. The Labute approximate surface area is 194 Å². The molecule has 2 aliphatic heterocycles. The molecule has 176 valence electrons. The Balaban J connectivity index is 1.09. The van der Waals surface area contributed by atoms with Crippen LogP contribution in [0, 0.1) is 12.8 Å². The number of nitrogens with zero attached hydrogens (tertiary/aromatic N) is 6. The van der Waals surface area contributed by atoms with Crippen LogP contribution in [0.3, 0.4) is 0 Å². The summed E-state index contributed by atoms with van der Waals surface area (Å²) in [6, 6.07) is 5.92. The third-order valence-electron chi connectivity index (χ3n) is 6.47. The predicted molar refractivity (Wildman–Crippen MR) is 119 cm³/mol. The van der Waals surface area contributed by atoms with E-state index in [-0.39, 0.29) is 0 Å². The van der Waals surface area contributed by atoms with Crippen molar-refractivity contribution in [3.8, 4) is 11.6 Å². The van der Waals surface area contributed by atoms with Crippen LogP contribution in [0.5, 0.6) is 0 Å². The lowest BCUT2D eigenvalue weighted by molar-refractivity contribution is -0.137. The molecular weight excluding hydrogens is 453 g/mol. The average molecular weight is 479 g/mol. The first-order valence-corrected chi connectivity index (χ1v) is 11.9. The van der Waals surface area contributed by atoms with Crippen LogP contribution in [0.25, 0.3) is 11.6 Å². The normalized spacial score (nSPS) is 20.8. The van der Waals surface area contributed by atoms with Crippen molar-refractivity contribution in [2.45, 2.75) is 30.7 Å². The SMILES string of the molecule is Cc1ncoc1-c1nnc(SCCCN2CC3CN(c4ccc(C(F)(F)F)cc4)C3C2)n1C. The summed E-state index contributed by atoms with van der Waals surface area (Å²) in [6.45, 7) is 5.78. The fourth-order valence-electron chi connectivity index (χ4n) is 4.65. The Hall–Kier alpha value is -2.53. The van der Waals surface area contributed by atoms with Crippen molar-refractivity contribution in [2.24, 2.45) is 13.0 Å². The van der Waals surface area contributed by atoms with E-state index in [0.29, 0.717) is 23.5 Å². The topological polar surface area (TPSA) is 63.2 Å². The minimum atomic E-state index is -4.29. The van der Waals surface area contributed by atoms with Gasteiger partial charge in [0, 0.05) is 50.1 Å². The van der Waals surface area contributed by atoms with Gasteiger partial charge in [-0.2, -0.15) is 13.2 Å². The summed E-state index contributed by atoms with van der Waals surface area (Å²) in [5, 5.41) is 9.36. The quantitative estimate of drug-likeness (QED) is 0.374. The van der Waals surface area contributed by atoms with Crippen LogP contribution in [0.15, 0.2) is 40.2 Å². The Morgan fingerprint density at radius 2 is 1.91 bits per heavy atom. The summed E-state index contributed by atoms with van der Waals surface area (Å²) < 4.78 is 45.8. The Bertz CT molecular complexity index is 1110. The third-order valence-corrected chi connectivity index (χ3v) is 7.58. The second kappa shape index (κ2) is 8.68. The smallest absolute Gasteiger partial charge is 0.416 e. The zero-order valence-corrected chi connectivity index (χ0v) is 19.2.